The van der Waals surface area contributed by atoms with Crippen LogP contribution < -0.4 is 11.1 Å². The van der Waals surface area contributed by atoms with Crippen LogP contribution in [-0.4, -0.2) is 79.2 Å². The number of rotatable bonds is 9. The Morgan fingerprint density at radius 1 is 1.15 bits per heavy atom. The van der Waals surface area contributed by atoms with Crippen LogP contribution in [0.15, 0.2) is 42.6 Å². The molecule has 2 aliphatic heterocycles. The van der Waals surface area contributed by atoms with Crippen LogP contribution in [0.1, 0.15) is 43.4 Å². The standard InChI is InChI=1S/C28H36N8O3/c1-34-24-9-7-19(15-23(24)32-33-34)17-31-27(38)25-16-20(14-21-6-2-3-11-30-21)18-36(25)28(39)22(29)8-10-26(37)35-12-4-5-13-35/h2-3,6-7,9,11,15,20,22,25H,4-5,8,10,12-14,16-18,29H2,1H3,(H,31,38)/t20-,22+,25-/m0/s1. The van der Waals surface area contributed by atoms with Crippen LogP contribution in [0.25, 0.3) is 11.0 Å². The van der Waals surface area contributed by atoms with Gasteiger partial charge in [-0.05, 0) is 67.9 Å². The molecule has 0 bridgehead atoms. The lowest BCUT2D eigenvalue weighted by Crippen LogP contribution is -2.51. The number of aryl methyl sites for hydroxylation is 1. The third-order valence-corrected chi connectivity index (χ3v) is 7.78. The number of carbonyl (C=O) groups is 3. The minimum absolute atomic E-state index is 0.0413. The van der Waals surface area contributed by atoms with Crippen LogP contribution >= 0.6 is 0 Å². The minimum Gasteiger partial charge on any atom is -0.350 e. The first kappa shape index (κ1) is 26.7. The molecule has 2 saturated heterocycles. The number of carbonyl (C=O) groups excluding carboxylic acids is 3. The average Bonchev–Trinajstić information content (AvgIpc) is 3.71. The van der Waals surface area contributed by atoms with Crippen LogP contribution in [0.3, 0.4) is 0 Å². The van der Waals surface area contributed by atoms with E-state index in [9.17, 15) is 14.4 Å². The molecule has 2 aliphatic rings. The zero-order valence-electron chi connectivity index (χ0n) is 22.3. The first-order valence-corrected chi connectivity index (χ1v) is 13.7. The Balaban J connectivity index is 1.24. The molecule has 5 rings (SSSR count). The zero-order chi connectivity index (χ0) is 27.4. The summed E-state index contributed by atoms with van der Waals surface area (Å²) in [7, 11) is 1.83. The second kappa shape index (κ2) is 11.9. The van der Waals surface area contributed by atoms with Crippen LogP contribution in [0.5, 0.6) is 0 Å². The number of nitrogens with one attached hydrogen (secondary N) is 1. The van der Waals surface area contributed by atoms with Crippen molar-refractivity contribution in [1.82, 2.24) is 35.1 Å². The maximum absolute atomic E-state index is 13.5. The molecule has 0 spiro atoms. The number of pyridine rings is 1. The van der Waals surface area contributed by atoms with E-state index in [0.717, 1.165) is 48.2 Å². The van der Waals surface area contributed by atoms with Crippen molar-refractivity contribution in [3.63, 3.8) is 0 Å². The van der Waals surface area contributed by atoms with E-state index in [-0.39, 0.29) is 36.5 Å². The van der Waals surface area contributed by atoms with E-state index in [1.165, 1.54) is 0 Å². The quantitative estimate of drug-likeness (QED) is 0.422. The van der Waals surface area contributed by atoms with Gasteiger partial charge in [0.05, 0.1) is 11.6 Å². The molecule has 0 aliphatic carbocycles. The number of hydrogen-bond donors (Lipinski definition) is 2. The fourth-order valence-electron chi connectivity index (χ4n) is 5.62. The highest BCUT2D eigenvalue weighted by Crippen LogP contribution is 2.27. The van der Waals surface area contributed by atoms with Gasteiger partial charge in [0.25, 0.3) is 0 Å². The van der Waals surface area contributed by atoms with Crippen LogP contribution in [0.4, 0.5) is 0 Å². The lowest BCUT2D eigenvalue weighted by molar-refractivity contribution is -0.140. The number of amides is 3. The van der Waals surface area contributed by atoms with Gasteiger partial charge in [0.1, 0.15) is 11.6 Å². The second-order valence-electron chi connectivity index (χ2n) is 10.6. The topological polar surface area (TPSA) is 139 Å². The molecule has 0 radical (unpaired) electrons. The monoisotopic (exact) mass is 532 g/mol. The molecule has 2 aromatic heterocycles. The van der Waals surface area contributed by atoms with E-state index >= 15 is 0 Å². The molecule has 39 heavy (non-hydrogen) atoms. The van der Waals surface area contributed by atoms with Gasteiger partial charge in [0, 0.05) is 51.5 Å². The Bertz CT molecular complexity index is 1320. The first-order chi connectivity index (χ1) is 18.9. The van der Waals surface area contributed by atoms with Gasteiger partial charge >= 0.3 is 0 Å². The predicted molar refractivity (Wildman–Crippen MR) is 145 cm³/mol. The molecule has 3 N–H and O–H groups in total. The molecule has 0 unspecified atom stereocenters. The lowest BCUT2D eigenvalue weighted by atomic mass is 9.99. The average molecular weight is 533 g/mol. The third kappa shape index (κ3) is 6.25. The molecule has 11 heteroatoms. The summed E-state index contributed by atoms with van der Waals surface area (Å²) >= 11 is 0. The molecule has 4 heterocycles. The van der Waals surface area contributed by atoms with E-state index in [2.05, 4.69) is 20.6 Å². The molecule has 0 saturated carbocycles. The maximum atomic E-state index is 13.5. The van der Waals surface area contributed by atoms with Crippen molar-refractivity contribution in [3.05, 3.63) is 53.9 Å². The van der Waals surface area contributed by atoms with Crippen LogP contribution in [0.2, 0.25) is 0 Å². The van der Waals surface area contributed by atoms with E-state index in [4.69, 9.17) is 5.73 Å². The van der Waals surface area contributed by atoms with E-state index in [1.807, 2.05) is 48.3 Å². The van der Waals surface area contributed by atoms with Crippen molar-refractivity contribution in [3.8, 4) is 0 Å². The normalized spacial score (nSPS) is 19.9. The number of aromatic nitrogens is 4. The molecule has 1 aromatic carbocycles. The van der Waals surface area contributed by atoms with Crippen molar-refractivity contribution < 1.29 is 14.4 Å². The molecule has 3 aromatic rings. The van der Waals surface area contributed by atoms with Crippen LogP contribution in [-0.2, 0) is 34.4 Å². The number of fused-ring (bicyclic) bond motifs is 1. The molecule has 3 amide bonds. The molecule has 206 valence electrons. The lowest BCUT2D eigenvalue weighted by Gasteiger charge is -2.27. The summed E-state index contributed by atoms with van der Waals surface area (Å²) in [6.07, 6.45) is 5.48. The summed E-state index contributed by atoms with van der Waals surface area (Å²) in [5.74, 6) is -0.381. The van der Waals surface area contributed by atoms with Gasteiger partial charge in [-0.3, -0.25) is 19.4 Å². The fourth-order valence-corrected chi connectivity index (χ4v) is 5.62. The Hall–Kier alpha value is -3.86. The third-order valence-electron chi connectivity index (χ3n) is 7.78. The summed E-state index contributed by atoms with van der Waals surface area (Å²) < 4.78 is 1.70. The molecule has 11 nitrogen and oxygen atoms in total. The molecular weight excluding hydrogens is 496 g/mol. The molecule has 2 fully saturated rings. The Kier molecular flexibility index (Phi) is 8.16. The number of nitrogens with two attached hydrogens (primary N) is 1. The number of likely N-dealkylation sites (tertiary alicyclic amines) is 2. The van der Waals surface area contributed by atoms with Crippen molar-refractivity contribution in [2.24, 2.45) is 18.7 Å². The van der Waals surface area contributed by atoms with Gasteiger partial charge in [-0.2, -0.15) is 0 Å². The number of nitrogens with zero attached hydrogens (tertiary/aromatic N) is 6. The summed E-state index contributed by atoms with van der Waals surface area (Å²) in [6, 6.07) is 10.0. The fraction of sp³-hybridized carbons (Fsp3) is 0.500. The zero-order valence-corrected chi connectivity index (χ0v) is 22.3. The van der Waals surface area contributed by atoms with Gasteiger partial charge in [0.2, 0.25) is 17.7 Å². The van der Waals surface area contributed by atoms with Crippen molar-refractivity contribution in [2.75, 3.05) is 19.6 Å². The Morgan fingerprint density at radius 3 is 2.74 bits per heavy atom. The summed E-state index contributed by atoms with van der Waals surface area (Å²) in [5.41, 5.74) is 9.79. The van der Waals surface area contributed by atoms with Crippen molar-refractivity contribution in [1.29, 1.82) is 0 Å². The van der Waals surface area contributed by atoms with Gasteiger partial charge in [-0.1, -0.05) is 17.3 Å². The smallest absolute Gasteiger partial charge is 0.243 e. The van der Waals surface area contributed by atoms with Gasteiger partial charge in [-0.25, -0.2) is 4.68 Å². The highest BCUT2D eigenvalue weighted by atomic mass is 16.2. The van der Waals surface area contributed by atoms with Gasteiger partial charge in [0.15, 0.2) is 0 Å². The number of benzene rings is 1. The second-order valence-corrected chi connectivity index (χ2v) is 10.6. The highest BCUT2D eigenvalue weighted by Gasteiger charge is 2.41. The summed E-state index contributed by atoms with van der Waals surface area (Å²) in [4.78, 5) is 47.2. The van der Waals surface area contributed by atoms with Gasteiger partial charge in [-0.15, -0.1) is 5.10 Å². The predicted octanol–water partition coefficient (Wildman–Crippen LogP) is 1.17. The summed E-state index contributed by atoms with van der Waals surface area (Å²) in [5, 5.41) is 11.2. The maximum Gasteiger partial charge on any atom is 0.243 e. The van der Waals surface area contributed by atoms with Crippen molar-refractivity contribution in [2.45, 2.75) is 57.2 Å². The SMILES string of the molecule is Cn1nnc2cc(CNC(=O)[C@@H]3C[C@H](Cc4ccccn4)CN3C(=O)[C@H](N)CCC(=O)N3CCCC3)ccc21. The highest BCUT2D eigenvalue weighted by molar-refractivity contribution is 5.90. The minimum atomic E-state index is -0.834. The Morgan fingerprint density at radius 2 is 1.97 bits per heavy atom. The van der Waals surface area contributed by atoms with Gasteiger partial charge < -0.3 is 20.9 Å². The largest absolute Gasteiger partial charge is 0.350 e. The first-order valence-electron chi connectivity index (χ1n) is 13.7. The van der Waals surface area contributed by atoms with E-state index < -0.39 is 12.1 Å². The summed E-state index contributed by atoms with van der Waals surface area (Å²) in [6.45, 7) is 2.28. The van der Waals surface area contributed by atoms with Crippen LogP contribution in [0, 0.1) is 5.92 Å². The van der Waals surface area contributed by atoms with Crippen molar-refractivity contribution >= 4 is 28.8 Å². The van der Waals surface area contributed by atoms with E-state index in [1.54, 1.807) is 15.8 Å². The molecular formula is C28H36N8O3. The molecule has 3 atom stereocenters. The Labute approximate surface area is 227 Å². The number of hydrogen-bond acceptors (Lipinski definition) is 7. The van der Waals surface area contributed by atoms with E-state index in [0.29, 0.717) is 25.9 Å².